The first-order valence-electron chi connectivity index (χ1n) is 7.26. The standard InChI is InChI=1S/C14H30O3S/c1-2-3-4-5-6-7-13-18-14-12-17-11-10-16-9-8-15/h15H,2-14H2,1H3. The SMILES string of the molecule is CCCCCCCCSCCOCCOCCO. The third-order valence-corrected chi connectivity index (χ3v) is 3.65. The molecule has 0 aliphatic heterocycles. The van der Waals surface area contributed by atoms with Crippen LogP contribution < -0.4 is 0 Å². The quantitative estimate of drug-likeness (QED) is 0.467. The van der Waals surface area contributed by atoms with Crippen molar-refractivity contribution in [3.63, 3.8) is 0 Å². The third kappa shape index (κ3) is 16.2. The number of thioether (sulfide) groups is 1. The van der Waals surface area contributed by atoms with E-state index in [-0.39, 0.29) is 6.61 Å². The maximum Gasteiger partial charge on any atom is 0.0701 e. The molecule has 4 heteroatoms. The third-order valence-electron chi connectivity index (χ3n) is 2.62. The second-order valence-corrected chi connectivity index (χ2v) is 5.55. The van der Waals surface area contributed by atoms with Crippen molar-refractivity contribution in [3.05, 3.63) is 0 Å². The molecule has 1 N–H and O–H groups in total. The molecule has 0 saturated carbocycles. The summed E-state index contributed by atoms with van der Waals surface area (Å²) in [5, 5.41) is 8.49. The van der Waals surface area contributed by atoms with Gasteiger partial charge in [0.2, 0.25) is 0 Å². The molecule has 0 aromatic carbocycles. The zero-order chi connectivity index (χ0) is 13.3. The van der Waals surface area contributed by atoms with Crippen LogP contribution in [0, 0.1) is 0 Å². The topological polar surface area (TPSA) is 38.7 Å². The minimum atomic E-state index is 0.0914. The molecule has 110 valence electrons. The number of unbranched alkanes of at least 4 members (excludes halogenated alkanes) is 5. The van der Waals surface area contributed by atoms with Gasteiger partial charge in [-0.2, -0.15) is 11.8 Å². The highest BCUT2D eigenvalue weighted by molar-refractivity contribution is 7.99. The Labute approximate surface area is 117 Å². The first kappa shape index (κ1) is 18.2. The normalized spacial score (nSPS) is 11.0. The van der Waals surface area contributed by atoms with E-state index in [9.17, 15) is 0 Å². The summed E-state index contributed by atoms with van der Waals surface area (Å²) in [4.78, 5) is 0. The van der Waals surface area contributed by atoms with Gasteiger partial charge in [0.1, 0.15) is 0 Å². The predicted octanol–water partition coefficient (Wildman–Crippen LogP) is 3.11. The van der Waals surface area contributed by atoms with Crippen molar-refractivity contribution in [2.75, 3.05) is 44.5 Å². The van der Waals surface area contributed by atoms with E-state index in [0.29, 0.717) is 19.8 Å². The van der Waals surface area contributed by atoms with E-state index in [1.807, 2.05) is 11.8 Å². The fraction of sp³-hybridized carbons (Fsp3) is 1.00. The summed E-state index contributed by atoms with van der Waals surface area (Å²) in [6.45, 7) is 4.79. The number of aliphatic hydroxyl groups excluding tert-OH is 1. The Morgan fingerprint density at radius 3 is 2.17 bits per heavy atom. The van der Waals surface area contributed by atoms with Gasteiger partial charge in [-0.15, -0.1) is 0 Å². The van der Waals surface area contributed by atoms with Crippen LogP contribution in [0.15, 0.2) is 0 Å². The van der Waals surface area contributed by atoms with E-state index >= 15 is 0 Å². The van der Waals surface area contributed by atoms with Gasteiger partial charge in [0.15, 0.2) is 0 Å². The van der Waals surface area contributed by atoms with E-state index in [1.165, 1.54) is 44.3 Å². The Morgan fingerprint density at radius 2 is 1.44 bits per heavy atom. The fourth-order valence-corrected chi connectivity index (χ4v) is 2.44. The number of ether oxygens (including phenoxy) is 2. The van der Waals surface area contributed by atoms with Crippen LogP contribution in [-0.4, -0.2) is 49.6 Å². The second-order valence-electron chi connectivity index (χ2n) is 4.33. The number of hydrogen-bond donors (Lipinski definition) is 1. The van der Waals surface area contributed by atoms with Crippen LogP contribution in [0.3, 0.4) is 0 Å². The van der Waals surface area contributed by atoms with E-state index in [1.54, 1.807) is 0 Å². The van der Waals surface area contributed by atoms with Crippen molar-refractivity contribution in [2.24, 2.45) is 0 Å². The molecule has 0 heterocycles. The van der Waals surface area contributed by atoms with E-state index < -0.39 is 0 Å². The summed E-state index contributed by atoms with van der Waals surface area (Å²) >= 11 is 1.98. The molecule has 0 saturated heterocycles. The fourth-order valence-electron chi connectivity index (χ4n) is 1.59. The Kier molecular flexibility index (Phi) is 17.5. The molecular weight excluding hydrogens is 248 g/mol. The zero-order valence-electron chi connectivity index (χ0n) is 11.9. The molecular formula is C14H30O3S. The van der Waals surface area contributed by atoms with Gasteiger partial charge in [-0.25, -0.2) is 0 Å². The zero-order valence-corrected chi connectivity index (χ0v) is 12.7. The second kappa shape index (κ2) is 17.2. The molecule has 0 aromatic heterocycles. The summed E-state index contributed by atoms with van der Waals surface area (Å²) in [6, 6.07) is 0. The maximum absolute atomic E-state index is 8.49. The van der Waals surface area contributed by atoms with E-state index in [4.69, 9.17) is 14.6 Å². The van der Waals surface area contributed by atoms with Crippen molar-refractivity contribution < 1.29 is 14.6 Å². The Balaban J connectivity index is 2.86. The number of aliphatic hydroxyl groups is 1. The van der Waals surface area contributed by atoms with Crippen LogP contribution in [0.25, 0.3) is 0 Å². The van der Waals surface area contributed by atoms with Crippen LogP contribution in [0.1, 0.15) is 45.4 Å². The van der Waals surface area contributed by atoms with Crippen molar-refractivity contribution in [2.45, 2.75) is 45.4 Å². The van der Waals surface area contributed by atoms with Gasteiger partial charge in [-0.3, -0.25) is 0 Å². The minimum absolute atomic E-state index is 0.0914. The highest BCUT2D eigenvalue weighted by Crippen LogP contribution is 2.09. The predicted molar refractivity (Wildman–Crippen MR) is 79.4 cm³/mol. The number of hydrogen-bond acceptors (Lipinski definition) is 4. The molecule has 0 aromatic rings. The van der Waals surface area contributed by atoms with E-state index in [0.717, 1.165) is 12.4 Å². The van der Waals surface area contributed by atoms with Crippen LogP contribution in [0.2, 0.25) is 0 Å². The van der Waals surface area contributed by atoms with Crippen LogP contribution in [0.4, 0.5) is 0 Å². The van der Waals surface area contributed by atoms with Crippen LogP contribution in [0.5, 0.6) is 0 Å². The smallest absolute Gasteiger partial charge is 0.0701 e. The lowest BCUT2D eigenvalue weighted by atomic mass is 10.1. The average Bonchev–Trinajstić information content (AvgIpc) is 2.39. The Bertz CT molecular complexity index is 129. The van der Waals surface area contributed by atoms with Crippen molar-refractivity contribution in [1.29, 1.82) is 0 Å². The molecule has 0 atom stereocenters. The summed E-state index contributed by atoms with van der Waals surface area (Å²) < 4.78 is 10.5. The Morgan fingerprint density at radius 1 is 0.778 bits per heavy atom. The highest BCUT2D eigenvalue weighted by Gasteiger charge is 1.93. The van der Waals surface area contributed by atoms with Crippen molar-refractivity contribution in [1.82, 2.24) is 0 Å². The molecule has 0 amide bonds. The van der Waals surface area contributed by atoms with Crippen LogP contribution >= 0.6 is 11.8 Å². The summed E-state index contributed by atoms with van der Waals surface area (Å²) in [6.07, 6.45) is 8.23. The first-order valence-corrected chi connectivity index (χ1v) is 8.41. The summed E-state index contributed by atoms with van der Waals surface area (Å²) in [5.74, 6) is 2.34. The lowest BCUT2D eigenvalue weighted by Crippen LogP contribution is -2.08. The molecule has 18 heavy (non-hydrogen) atoms. The Hall–Kier alpha value is 0.230. The molecule has 0 radical (unpaired) electrons. The summed E-state index contributed by atoms with van der Waals surface area (Å²) in [7, 11) is 0. The van der Waals surface area contributed by atoms with Crippen molar-refractivity contribution in [3.8, 4) is 0 Å². The largest absolute Gasteiger partial charge is 0.394 e. The molecule has 3 nitrogen and oxygen atoms in total. The van der Waals surface area contributed by atoms with Gasteiger partial charge >= 0.3 is 0 Å². The lowest BCUT2D eigenvalue weighted by molar-refractivity contribution is 0.0377. The van der Waals surface area contributed by atoms with Crippen molar-refractivity contribution >= 4 is 11.8 Å². The molecule has 0 unspecified atom stereocenters. The van der Waals surface area contributed by atoms with Gasteiger partial charge < -0.3 is 14.6 Å². The molecule has 0 fully saturated rings. The van der Waals surface area contributed by atoms with Gasteiger partial charge in [0, 0.05) is 5.75 Å². The molecule has 0 rings (SSSR count). The molecule has 0 aliphatic rings. The number of rotatable bonds is 15. The average molecular weight is 278 g/mol. The van der Waals surface area contributed by atoms with Crippen LogP contribution in [-0.2, 0) is 9.47 Å². The summed E-state index contributed by atoms with van der Waals surface area (Å²) in [5.41, 5.74) is 0. The van der Waals surface area contributed by atoms with Gasteiger partial charge in [0.25, 0.3) is 0 Å². The lowest BCUT2D eigenvalue weighted by Gasteiger charge is -2.05. The monoisotopic (exact) mass is 278 g/mol. The molecule has 0 bridgehead atoms. The minimum Gasteiger partial charge on any atom is -0.394 e. The van der Waals surface area contributed by atoms with Gasteiger partial charge in [-0.05, 0) is 12.2 Å². The molecule has 0 spiro atoms. The maximum atomic E-state index is 8.49. The first-order chi connectivity index (χ1) is 8.91. The molecule has 0 aliphatic carbocycles. The van der Waals surface area contributed by atoms with E-state index in [2.05, 4.69) is 6.92 Å². The van der Waals surface area contributed by atoms with Gasteiger partial charge in [0.05, 0.1) is 33.0 Å². The van der Waals surface area contributed by atoms with Gasteiger partial charge in [-0.1, -0.05) is 39.0 Å². The highest BCUT2D eigenvalue weighted by atomic mass is 32.2.